The van der Waals surface area contributed by atoms with Crippen LogP contribution in [-0.4, -0.2) is 75.8 Å². The lowest BCUT2D eigenvalue weighted by Gasteiger charge is -2.63. The van der Waals surface area contributed by atoms with Crippen LogP contribution in [0, 0.1) is 16.7 Å². The van der Waals surface area contributed by atoms with Crippen molar-refractivity contribution in [1.82, 2.24) is 0 Å². The van der Waals surface area contributed by atoms with Crippen molar-refractivity contribution in [1.29, 1.82) is 0 Å². The Balaban J connectivity index is 2.27. The van der Waals surface area contributed by atoms with Crippen LogP contribution in [0.25, 0.3) is 0 Å². The Hall–Kier alpha value is -2.59. The number of esters is 2. The SMILES string of the molecule is CC(=O)O[C@@]12COC1C[C@H](O)[C@@](C)(C(=O)[C@@H](C)O)[C@@H]2[C@H](OC(=O)c1ccccc1)[C@@H](O)C(C)(C)C=C(C)C. The Morgan fingerprint density at radius 3 is 2.21 bits per heavy atom. The minimum absolute atomic E-state index is 0.0500. The summed E-state index contributed by atoms with van der Waals surface area (Å²) >= 11 is 0. The highest BCUT2D eigenvalue weighted by atomic mass is 16.6. The molecule has 1 heterocycles. The van der Waals surface area contributed by atoms with E-state index in [-0.39, 0.29) is 18.6 Å². The van der Waals surface area contributed by atoms with Crippen LogP contribution in [0.1, 0.15) is 65.2 Å². The van der Waals surface area contributed by atoms with Gasteiger partial charge in [0.2, 0.25) is 0 Å². The standard InChI is InChI=1S/C29H40O9/c1-16(2)14-27(5,6)25(34)22(37-26(35)19-11-9-8-10-12-19)23-28(7,24(33)17(3)30)20(32)13-21-29(23,15-36-21)38-18(4)31/h8-12,14,17,20-23,25,30,32,34H,13,15H2,1-7H3/t17-,20+,21?,22+,23+,25-,28-,29+/m1/s1. The van der Waals surface area contributed by atoms with E-state index in [1.165, 1.54) is 20.8 Å². The van der Waals surface area contributed by atoms with Gasteiger partial charge in [-0.15, -0.1) is 0 Å². The number of aliphatic hydroxyl groups excluding tert-OH is 3. The summed E-state index contributed by atoms with van der Waals surface area (Å²) in [5, 5.41) is 33.6. The second-order valence-corrected chi connectivity index (χ2v) is 11.6. The summed E-state index contributed by atoms with van der Waals surface area (Å²) in [5.41, 5.74) is -3.13. The van der Waals surface area contributed by atoms with Gasteiger partial charge in [0.05, 0.1) is 35.7 Å². The fourth-order valence-corrected chi connectivity index (χ4v) is 6.23. The predicted molar refractivity (Wildman–Crippen MR) is 138 cm³/mol. The molecule has 38 heavy (non-hydrogen) atoms. The van der Waals surface area contributed by atoms with Gasteiger partial charge in [0, 0.05) is 18.8 Å². The molecule has 1 saturated carbocycles. The highest BCUT2D eigenvalue weighted by Gasteiger charge is 2.73. The molecule has 210 valence electrons. The molecule has 0 amide bonds. The first-order chi connectivity index (χ1) is 17.6. The van der Waals surface area contributed by atoms with Gasteiger partial charge in [-0.25, -0.2) is 4.79 Å². The Morgan fingerprint density at radius 1 is 1.13 bits per heavy atom. The second kappa shape index (κ2) is 10.9. The molecule has 0 radical (unpaired) electrons. The van der Waals surface area contributed by atoms with Gasteiger partial charge in [0.15, 0.2) is 11.4 Å². The Kier molecular flexibility index (Phi) is 8.58. The summed E-state index contributed by atoms with van der Waals surface area (Å²) in [6, 6.07) is 8.18. The van der Waals surface area contributed by atoms with Crippen molar-refractivity contribution in [2.75, 3.05) is 6.61 Å². The fourth-order valence-electron chi connectivity index (χ4n) is 6.23. The number of rotatable bonds is 9. The molecule has 1 aromatic rings. The molecule has 3 rings (SSSR count). The van der Waals surface area contributed by atoms with Crippen LogP contribution >= 0.6 is 0 Å². The molecule has 2 fully saturated rings. The molecule has 0 bridgehead atoms. The molecule has 8 atom stereocenters. The number of fused-ring (bicyclic) bond motifs is 1. The van der Waals surface area contributed by atoms with Crippen molar-refractivity contribution in [3.8, 4) is 0 Å². The van der Waals surface area contributed by atoms with Crippen molar-refractivity contribution in [3.63, 3.8) is 0 Å². The molecule has 1 unspecified atom stereocenters. The van der Waals surface area contributed by atoms with Crippen LogP contribution < -0.4 is 0 Å². The number of Topliss-reactive ketones (excluding diaryl/α,β-unsaturated/α-hetero) is 1. The normalized spacial score (nSPS) is 31.1. The first-order valence-corrected chi connectivity index (χ1v) is 12.9. The molecule has 3 N–H and O–H groups in total. The average Bonchev–Trinajstić information content (AvgIpc) is 2.82. The smallest absolute Gasteiger partial charge is 0.338 e. The maximum atomic E-state index is 13.6. The third-order valence-electron chi connectivity index (χ3n) is 7.92. The molecule has 9 nitrogen and oxygen atoms in total. The summed E-state index contributed by atoms with van der Waals surface area (Å²) in [7, 11) is 0. The van der Waals surface area contributed by atoms with Crippen LogP contribution in [-0.2, 0) is 23.8 Å². The summed E-state index contributed by atoms with van der Waals surface area (Å²) in [6.45, 7) is 11.1. The maximum Gasteiger partial charge on any atom is 0.338 e. The molecule has 1 aliphatic heterocycles. The summed E-state index contributed by atoms with van der Waals surface area (Å²) < 4.78 is 17.6. The monoisotopic (exact) mass is 532 g/mol. The number of ketones is 1. The number of aliphatic hydroxyl groups is 3. The highest BCUT2D eigenvalue weighted by molar-refractivity contribution is 5.91. The van der Waals surface area contributed by atoms with Crippen molar-refractivity contribution in [2.45, 2.75) is 91.0 Å². The minimum Gasteiger partial charge on any atom is -0.455 e. The quantitative estimate of drug-likeness (QED) is 0.323. The lowest BCUT2D eigenvalue weighted by molar-refractivity contribution is -0.335. The van der Waals surface area contributed by atoms with Gasteiger partial charge in [0.25, 0.3) is 0 Å². The Bertz CT molecular complexity index is 1070. The van der Waals surface area contributed by atoms with Gasteiger partial charge in [-0.2, -0.15) is 0 Å². The second-order valence-electron chi connectivity index (χ2n) is 11.6. The van der Waals surface area contributed by atoms with E-state index in [2.05, 4.69) is 0 Å². The first kappa shape index (κ1) is 30.0. The summed E-state index contributed by atoms with van der Waals surface area (Å²) in [4.78, 5) is 39.4. The zero-order chi connectivity index (χ0) is 28.6. The van der Waals surface area contributed by atoms with Crippen molar-refractivity contribution < 1.29 is 43.9 Å². The van der Waals surface area contributed by atoms with Gasteiger partial charge < -0.3 is 29.5 Å². The zero-order valence-corrected chi connectivity index (χ0v) is 23.1. The Labute approximate surface area is 223 Å². The topological polar surface area (TPSA) is 140 Å². The number of allylic oxidation sites excluding steroid dienone is 1. The molecular formula is C29H40O9. The van der Waals surface area contributed by atoms with Gasteiger partial charge in [0.1, 0.15) is 18.3 Å². The predicted octanol–water partition coefficient (Wildman–Crippen LogP) is 2.60. The van der Waals surface area contributed by atoms with Crippen molar-refractivity contribution in [3.05, 3.63) is 47.5 Å². The van der Waals surface area contributed by atoms with Crippen molar-refractivity contribution >= 4 is 17.7 Å². The molecule has 9 heteroatoms. The van der Waals surface area contributed by atoms with Gasteiger partial charge in [-0.3, -0.25) is 9.59 Å². The number of benzene rings is 1. The minimum atomic E-state index is -1.77. The first-order valence-electron chi connectivity index (χ1n) is 12.9. The van der Waals surface area contributed by atoms with Crippen LogP contribution in [0.4, 0.5) is 0 Å². The molecule has 1 aliphatic carbocycles. The largest absolute Gasteiger partial charge is 0.455 e. The van der Waals surface area contributed by atoms with E-state index < -0.39 is 70.6 Å². The van der Waals surface area contributed by atoms with Crippen molar-refractivity contribution in [2.24, 2.45) is 16.7 Å². The third kappa shape index (κ3) is 5.30. The number of hydrogen-bond donors (Lipinski definition) is 3. The van der Waals surface area contributed by atoms with E-state index in [0.29, 0.717) is 0 Å². The molecule has 0 aromatic heterocycles. The van der Waals surface area contributed by atoms with Crippen LogP contribution in [0.3, 0.4) is 0 Å². The Morgan fingerprint density at radius 2 is 1.74 bits per heavy atom. The average molecular weight is 533 g/mol. The summed E-state index contributed by atoms with van der Waals surface area (Å²) in [6.07, 6.45) is -4.72. The highest BCUT2D eigenvalue weighted by Crippen LogP contribution is 2.57. The molecule has 1 saturated heterocycles. The number of ether oxygens (including phenoxy) is 3. The molecule has 2 aliphatic rings. The van der Waals surface area contributed by atoms with E-state index in [9.17, 15) is 29.7 Å². The number of carbonyl (C=O) groups excluding carboxylic acids is 3. The lowest BCUT2D eigenvalue weighted by Crippen LogP contribution is -2.78. The van der Waals surface area contributed by atoms with Gasteiger partial charge in [-0.05, 0) is 39.8 Å². The summed E-state index contributed by atoms with van der Waals surface area (Å²) in [5.74, 6) is -3.39. The molecule has 1 aromatic carbocycles. The zero-order valence-electron chi connectivity index (χ0n) is 23.1. The number of hydrogen-bond acceptors (Lipinski definition) is 9. The van der Waals surface area contributed by atoms with Gasteiger partial charge >= 0.3 is 11.9 Å². The van der Waals surface area contributed by atoms with E-state index >= 15 is 0 Å². The van der Waals surface area contributed by atoms with Gasteiger partial charge in [-0.1, -0.05) is 43.7 Å². The fraction of sp³-hybridized carbons (Fsp3) is 0.621. The lowest BCUT2D eigenvalue weighted by atomic mass is 9.51. The maximum absolute atomic E-state index is 13.6. The third-order valence-corrected chi connectivity index (χ3v) is 7.92. The van der Waals surface area contributed by atoms with E-state index in [4.69, 9.17) is 14.2 Å². The van der Waals surface area contributed by atoms with E-state index in [0.717, 1.165) is 5.57 Å². The van der Waals surface area contributed by atoms with E-state index in [1.54, 1.807) is 44.2 Å². The van der Waals surface area contributed by atoms with Crippen LogP contribution in [0.15, 0.2) is 42.0 Å². The van der Waals surface area contributed by atoms with E-state index in [1.807, 2.05) is 19.9 Å². The molecular weight excluding hydrogens is 492 g/mol. The molecule has 0 spiro atoms. The van der Waals surface area contributed by atoms with Crippen LogP contribution in [0.2, 0.25) is 0 Å². The van der Waals surface area contributed by atoms with Crippen LogP contribution in [0.5, 0.6) is 0 Å². The number of carbonyl (C=O) groups is 3.